The minimum Gasteiger partial charge on any atom is -0.481 e. The molecule has 0 radical (unpaired) electrons. The summed E-state index contributed by atoms with van der Waals surface area (Å²) in [5.74, 6) is 5.41. The Hall–Kier alpha value is -1.08. The zero-order valence-electron chi connectivity index (χ0n) is 18.0. The molecule has 0 aromatic heterocycles. The van der Waals surface area contributed by atoms with E-state index < -0.39 is 5.97 Å². The van der Waals surface area contributed by atoms with Crippen molar-refractivity contribution >= 4 is 11.9 Å². The quantitative estimate of drug-likeness (QED) is 0.612. The monoisotopic (exact) mass is 386 g/mol. The van der Waals surface area contributed by atoms with Crippen molar-refractivity contribution in [3.63, 3.8) is 0 Å². The highest BCUT2D eigenvalue weighted by atomic mass is 16.4. The largest absolute Gasteiger partial charge is 0.481 e. The first kappa shape index (κ1) is 20.2. The number of carboxylic acids is 1. The van der Waals surface area contributed by atoms with Crippen molar-refractivity contribution in [3.05, 3.63) is 5.57 Å². The topological polar surface area (TPSA) is 54.4 Å². The summed E-state index contributed by atoms with van der Waals surface area (Å²) in [5, 5.41) is 9.13. The molecule has 0 spiro atoms. The average Bonchev–Trinajstić information content (AvgIpc) is 3.03. The molecule has 1 unspecified atom stereocenters. The van der Waals surface area contributed by atoms with Crippen LogP contribution in [0.1, 0.15) is 91.4 Å². The second kappa shape index (κ2) is 7.31. The summed E-state index contributed by atoms with van der Waals surface area (Å²) in [6.07, 6.45) is 12.5. The summed E-state index contributed by atoms with van der Waals surface area (Å²) < 4.78 is 0. The lowest BCUT2D eigenvalue weighted by molar-refractivity contribution is -0.137. The Bertz CT molecular complexity index is 677. The number of fused-ring (bicyclic) bond motifs is 5. The van der Waals surface area contributed by atoms with Crippen LogP contribution >= 0.6 is 0 Å². The molecule has 1 N–H and O–H groups in total. The van der Waals surface area contributed by atoms with Crippen molar-refractivity contribution in [2.75, 3.05) is 0 Å². The zero-order chi connectivity index (χ0) is 20.1. The summed E-state index contributed by atoms with van der Waals surface area (Å²) in [5.41, 5.74) is 1.41. The molecule has 156 valence electrons. The van der Waals surface area contributed by atoms with E-state index in [0.29, 0.717) is 29.1 Å². The number of hydrogen-bond acceptors (Lipinski definition) is 2. The van der Waals surface area contributed by atoms with Gasteiger partial charge in [0, 0.05) is 17.4 Å². The standard InChI is InChI=1S/C25H38O3/c1-16(7-12-23(27)28)20-10-11-21-19-9-8-17-6-4-5-13-24(17,2)22(19)14-18(15-26)25(20,21)3/h16-17,19-22H,4-14H2,1-3H3,(H,27,28)/t16-,17?,19+,20-,21+,22+,24+,25-/m1/s1. The van der Waals surface area contributed by atoms with E-state index in [2.05, 4.69) is 26.7 Å². The highest BCUT2D eigenvalue weighted by Crippen LogP contribution is 2.69. The maximum absolute atomic E-state index is 12.2. The van der Waals surface area contributed by atoms with Crippen LogP contribution in [0.3, 0.4) is 0 Å². The van der Waals surface area contributed by atoms with Crippen LogP contribution in [0.15, 0.2) is 5.57 Å². The van der Waals surface area contributed by atoms with Gasteiger partial charge in [-0.15, -0.1) is 0 Å². The molecular weight excluding hydrogens is 348 g/mol. The third kappa shape index (κ3) is 2.92. The van der Waals surface area contributed by atoms with Gasteiger partial charge >= 0.3 is 5.97 Å². The van der Waals surface area contributed by atoms with E-state index in [4.69, 9.17) is 5.11 Å². The molecule has 3 heteroatoms. The Morgan fingerprint density at radius 3 is 2.64 bits per heavy atom. The van der Waals surface area contributed by atoms with E-state index >= 15 is 0 Å². The fourth-order valence-corrected chi connectivity index (χ4v) is 8.70. The SMILES string of the molecule is C[C@H](CCC(=O)O)[C@H]1CC[C@H]2[C@@H]3CCC4CCCC[C@]4(C)[C@H]3CC(=C=O)[C@]12C. The lowest BCUT2D eigenvalue weighted by atomic mass is 9.43. The van der Waals surface area contributed by atoms with Crippen LogP contribution in [-0.2, 0) is 9.59 Å². The molecule has 4 saturated carbocycles. The average molecular weight is 387 g/mol. The van der Waals surface area contributed by atoms with Crippen molar-refractivity contribution in [2.24, 2.45) is 46.3 Å². The summed E-state index contributed by atoms with van der Waals surface area (Å²) >= 11 is 0. The Kier molecular flexibility index (Phi) is 5.28. The van der Waals surface area contributed by atoms with Crippen LogP contribution in [0.4, 0.5) is 0 Å². The Balaban J connectivity index is 1.63. The number of carboxylic acid groups (broad SMARTS) is 1. The lowest BCUT2D eigenvalue weighted by Crippen LogP contribution is -2.54. The van der Waals surface area contributed by atoms with E-state index in [1.54, 1.807) is 0 Å². The number of rotatable bonds is 4. The number of hydrogen-bond donors (Lipinski definition) is 1. The number of carbonyl (C=O) groups excluding carboxylic acids is 1. The van der Waals surface area contributed by atoms with Crippen molar-refractivity contribution in [2.45, 2.75) is 91.4 Å². The predicted octanol–water partition coefficient (Wildman–Crippen LogP) is 5.90. The fraction of sp³-hybridized carbons (Fsp3) is 0.880. The molecule has 0 bridgehead atoms. The first-order valence-electron chi connectivity index (χ1n) is 11.8. The molecule has 0 aliphatic heterocycles. The van der Waals surface area contributed by atoms with Crippen LogP contribution in [0.25, 0.3) is 0 Å². The summed E-state index contributed by atoms with van der Waals surface area (Å²) in [7, 11) is 0. The minimum absolute atomic E-state index is 0.0568. The molecule has 0 heterocycles. The van der Waals surface area contributed by atoms with Crippen molar-refractivity contribution in [3.8, 4) is 0 Å². The molecule has 4 fully saturated rings. The Morgan fingerprint density at radius 2 is 1.93 bits per heavy atom. The van der Waals surface area contributed by atoms with Gasteiger partial charge in [0.05, 0.1) is 0 Å². The van der Waals surface area contributed by atoms with E-state index in [1.165, 1.54) is 44.9 Å². The van der Waals surface area contributed by atoms with Crippen LogP contribution < -0.4 is 0 Å². The minimum atomic E-state index is -0.704. The number of carbonyl (C=O) groups is 1. The molecular formula is C25H38O3. The normalized spacial score (nSPS) is 46.1. The molecule has 8 atom stereocenters. The summed E-state index contributed by atoms with van der Waals surface area (Å²) in [6.45, 7) is 7.11. The molecule has 4 aliphatic carbocycles. The highest BCUT2D eigenvalue weighted by molar-refractivity contribution is 5.66. The fourth-order valence-electron chi connectivity index (χ4n) is 8.70. The van der Waals surface area contributed by atoms with Gasteiger partial charge in [-0.25, -0.2) is 4.79 Å². The summed E-state index contributed by atoms with van der Waals surface area (Å²) in [6, 6.07) is 0. The van der Waals surface area contributed by atoms with Gasteiger partial charge in [-0.3, -0.25) is 4.79 Å². The first-order valence-corrected chi connectivity index (χ1v) is 11.8. The first-order chi connectivity index (χ1) is 13.3. The van der Waals surface area contributed by atoms with Crippen LogP contribution in [0, 0.1) is 46.3 Å². The molecule has 0 aromatic rings. The second-order valence-corrected chi connectivity index (χ2v) is 11.1. The van der Waals surface area contributed by atoms with Gasteiger partial charge in [-0.2, -0.15) is 0 Å². The third-order valence-electron chi connectivity index (χ3n) is 10.2. The van der Waals surface area contributed by atoms with E-state index in [1.807, 2.05) is 0 Å². The maximum Gasteiger partial charge on any atom is 0.303 e. The molecule has 0 saturated heterocycles. The maximum atomic E-state index is 12.2. The highest BCUT2D eigenvalue weighted by Gasteiger charge is 2.62. The van der Waals surface area contributed by atoms with Crippen LogP contribution in [0.5, 0.6) is 0 Å². The van der Waals surface area contributed by atoms with Gasteiger partial charge < -0.3 is 5.11 Å². The molecule has 28 heavy (non-hydrogen) atoms. The molecule has 0 amide bonds. The van der Waals surface area contributed by atoms with Gasteiger partial charge in [0.25, 0.3) is 0 Å². The van der Waals surface area contributed by atoms with Gasteiger partial charge in [0.1, 0.15) is 5.94 Å². The third-order valence-corrected chi connectivity index (χ3v) is 10.2. The lowest BCUT2D eigenvalue weighted by Gasteiger charge is -2.61. The second-order valence-electron chi connectivity index (χ2n) is 11.1. The van der Waals surface area contributed by atoms with Crippen molar-refractivity contribution in [1.82, 2.24) is 0 Å². The van der Waals surface area contributed by atoms with Crippen molar-refractivity contribution in [1.29, 1.82) is 0 Å². The molecule has 4 rings (SSSR count). The Morgan fingerprint density at radius 1 is 1.14 bits per heavy atom. The van der Waals surface area contributed by atoms with Crippen LogP contribution in [-0.4, -0.2) is 17.0 Å². The van der Waals surface area contributed by atoms with Gasteiger partial charge in [-0.1, -0.05) is 33.6 Å². The zero-order valence-corrected chi connectivity index (χ0v) is 18.0. The molecule has 4 aliphatic rings. The Labute approximate surface area is 170 Å². The predicted molar refractivity (Wildman–Crippen MR) is 110 cm³/mol. The molecule has 3 nitrogen and oxygen atoms in total. The number of aliphatic carboxylic acids is 1. The smallest absolute Gasteiger partial charge is 0.303 e. The van der Waals surface area contributed by atoms with Gasteiger partial charge in [0.2, 0.25) is 0 Å². The van der Waals surface area contributed by atoms with E-state index in [0.717, 1.165) is 36.7 Å². The number of allylic oxidation sites excluding steroid dienone is 1. The van der Waals surface area contributed by atoms with Crippen LogP contribution in [0.2, 0.25) is 0 Å². The van der Waals surface area contributed by atoms with Crippen molar-refractivity contribution < 1.29 is 14.7 Å². The van der Waals surface area contributed by atoms with E-state index in [-0.39, 0.29) is 11.8 Å². The van der Waals surface area contributed by atoms with Gasteiger partial charge in [-0.05, 0) is 92.3 Å². The summed E-state index contributed by atoms with van der Waals surface area (Å²) in [4.78, 5) is 23.3. The molecule has 0 aromatic carbocycles. The van der Waals surface area contributed by atoms with Gasteiger partial charge in [0.15, 0.2) is 0 Å². The van der Waals surface area contributed by atoms with E-state index in [9.17, 15) is 9.59 Å².